The van der Waals surface area contributed by atoms with E-state index in [0.29, 0.717) is 18.5 Å². The van der Waals surface area contributed by atoms with Crippen molar-refractivity contribution in [1.29, 1.82) is 0 Å². The molecule has 1 amide bonds. The van der Waals surface area contributed by atoms with Crippen molar-refractivity contribution < 1.29 is 19.0 Å². The maximum atomic E-state index is 13.3. The Kier molecular flexibility index (Phi) is 4.15. The number of aliphatic hydroxyl groups is 1. The zero-order chi connectivity index (χ0) is 13.0. The lowest BCUT2D eigenvalue weighted by atomic mass is 10.1. The first-order valence-electron chi connectivity index (χ1n) is 6.04. The number of hydrogen-bond donors (Lipinski definition) is 2. The first-order chi connectivity index (χ1) is 8.69. The van der Waals surface area contributed by atoms with Gasteiger partial charge in [-0.2, -0.15) is 0 Å². The lowest BCUT2D eigenvalue weighted by molar-refractivity contribution is -0.127. The zero-order valence-corrected chi connectivity index (χ0v) is 9.99. The van der Waals surface area contributed by atoms with Crippen molar-refractivity contribution >= 4 is 5.91 Å². The summed E-state index contributed by atoms with van der Waals surface area (Å²) in [5.41, 5.74) is 0.430. The number of amides is 1. The summed E-state index contributed by atoms with van der Waals surface area (Å²) in [6.45, 7) is 0.398. The zero-order valence-electron chi connectivity index (χ0n) is 9.99. The summed E-state index contributed by atoms with van der Waals surface area (Å²) in [7, 11) is 0. The smallest absolute Gasteiger partial charge is 0.261 e. The fourth-order valence-electron chi connectivity index (χ4n) is 1.97. The van der Waals surface area contributed by atoms with Crippen molar-refractivity contribution in [3.63, 3.8) is 0 Å². The highest BCUT2D eigenvalue weighted by Gasteiger charge is 2.22. The number of carbonyl (C=O) groups excluding carboxylic acids is 1. The molecule has 1 unspecified atom stereocenters. The maximum absolute atomic E-state index is 13.3. The molecule has 2 rings (SSSR count). The summed E-state index contributed by atoms with van der Waals surface area (Å²) in [4.78, 5) is 11.7. The molecule has 1 aromatic carbocycles. The number of benzene rings is 1. The van der Waals surface area contributed by atoms with E-state index in [2.05, 4.69) is 5.32 Å². The van der Waals surface area contributed by atoms with Crippen molar-refractivity contribution in [3.8, 4) is 5.75 Å². The van der Waals surface area contributed by atoms with Crippen molar-refractivity contribution in [2.45, 2.75) is 32.0 Å². The van der Waals surface area contributed by atoms with Crippen molar-refractivity contribution in [1.82, 2.24) is 5.32 Å². The molecule has 1 saturated heterocycles. The van der Waals surface area contributed by atoms with Crippen molar-refractivity contribution in [3.05, 3.63) is 29.6 Å². The highest BCUT2D eigenvalue weighted by Crippen LogP contribution is 2.20. The molecule has 0 aliphatic carbocycles. The molecule has 0 radical (unpaired) electrons. The number of halogens is 1. The van der Waals surface area contributed by atoms with E-state index in [1.807, 2.05) is 0 Å². The van der Waals surface area contributed by atoms with Gasteiger partial charge >= 0.3 is 0 Å². The van der Waals surface area contributed by atoms with E-state index >= 15 is 0 Å². The molecule has 1 heterocycles. The minimum absolute atomic E-state index is 0.165. The lowest BCUT2D eigenvalue weighted by Crippen LogP contribution is -2.36. The van der Waals surface area contributed by atoms with Gasteiger partial charge < -0.3 is 15.2 Å². The second-order valence-corrected chi connectivity index (χ2v) is 4.35. The molecule has 0 aromatic heterocycles. The Labute approximate surface area is 105 Å². The van der Waals surface area contributed by atoms with Gasteiger partial charge in [0.1, 0.15) is 11.6 Å². The Morgan fingerprint density at radius 3 is 3.00 bits per heavy atom. The molecule has 1 fully saturated rings. The lowest BCUT2D eigenvalue weighted by Gasteiger charge is -2.16. The number of ether oxygens (including phenoxy) is 1. The van der Waals surface area contributed by atoms with Crippen LogP contribution < -0.4 is 10.1 Å². The van der Waals surface area contributed by atoms with E-state index in [1.54, 1.807) is 6.07 Å². The largest absolute Gasteiger partial charge is 0.480 e. The van der Waals surface area contributed by atoms with E-state index in [0.717, 1.165) is 12.8 Å². The molecule has 0 spiro atoms. The van der Waals surface area contributed by atoms with Crippen LogP contribution in [0.3, 0.4) is 0 Å². The van der Waals surface area contributed by atoms with Gasteiger partial charge in [0.05, 0.1) is 6.61 Å². The average Bonchev–Trinajstić information content (AvgIpc) is 2.54. The SMILES string of the molecule is O=C1NCCCCC1Oc1cc(F)cc(CO)c1. The normalized spacial score (nSPS) is 20.1. The van der Waals surface area contributed by atoms with Crippen molar-refractivity contribution in [2.24, 2.45) is 0 Å². The quantitative estimate of drug-likeness (QED) is 0.855. The van der Waals surface area contributed by atoms with Gasteiger partial charge in [0, 0.05) is 12.6 Å². The summed E-state index contributed by atoms with van der Waals surface area (Å²) in [6.07, 6.45) is 1.86. The highest BCUT2D eigenvalue weighted by atomic mass is 19.1. The molecule has 5 heteroatoms. The Hall–Kier alpha value is -1.62. The Morgan fingerprint density at radius 1 is 1.39 bits per heavy atom. The summed E-state index contributed by atoms with van der Waals surface area (Å²) >= 11 is 0. The van der Waals surface area contributed by atoms with Crippen LogP contribution in [0.15, 0.2) is 18.2 Å². The third-order valence-electron chi connectivity index (χ3n) is 2.88. The third kappa shape index (κ3) is 3.20. The average molecular weight is 253 g/mol. The molecule has 18 heavy (non-hydrogen) atoms. The maximum Gasteiger partial charge on any atom is 0.261 e. The van der Waals surface area contributed by atoms with Crippen LogP contribution in [-0.2, 0) is 11.4 Å². The van der Waals surface area contributed by atoms with Gasteiger partial charge in [0.15, 0.2) is 6.10 Å². The molecule has 98 valence electrons. The first-order valence-corrected chi connectivity index (χ1v) is 6.04. The Balaban J connectivity index is 2.12. The van der Waals surface area contributed by atoms with E-state index in [-0.39, 0.29) is 18.3 Å². The topological polar surface area (TPSA) is 58.6 Å². The van der Waals surface area contributed by atoms with Crippen LogP contribution in [0.25, 0.3) is 0 Å². The van der Waals surface area contributed by atoms with Crippen LogP contribution in [0.4, 0.5) is 4.39 Å². The molecule has 4 nitrogen and oxygen atoms in total. The molecular weight excluding hydrogens is 237 g/mol. The third-order valence-corrected chi connectivity index (χ3v) is 2.88. The van der Waals surface area contributed by atoms with Gasteiger partial charge in [-0.25, -0.2) is 4.39 Å². The van der Waals surface area contributed by atoms with Gasteiger partial charge in [-0.3, -0.25) is 4.79 Å². The van der Waals surface area contributed by atoms with E-state index in [4.69, 9.17) is 9.84 Å². The van der Waals surface area contributed by atoms with Crippen LogP contribution in [0.1, 0.15) is 24.8 Å². The molecular formula is C13H16FNO3. The standard InChI is InChI=1S/C13H16FNO3/c14-10-5-9(8-16)6-11(7-10)18-12-3-1-2-4-15-13(12)17/h5-7,12,16H,1-4,8H2,(H,15,17). The van der Waals surface area contributed by atoms with Crippen LogP contribution in [-0.4, -0.2) is 23.7 Å². The van der Waals surface area contributed by atoms with E-state index in [1.165, 1.54) is 12.1 Å². The number of hydrogen-bond acceptors (Lipinski definition) is 3. The van der Waals surface area contributed by atoms with Crippen LogP contribution in [0.2, 0.25) is 0 Å². The number of aliphatic hydroxyl groups excluding tert-OH is 1. The Bertz CT molecular complexity index is 436. The summed E-state index contributed by atoms with van der Waals surface area (Å²) in [5, 5.41) is 11.7. The van der Waals surface area contributed by atoms with Gasteiger partial charge in [0.2, 0.25) is 0 Å². The van der Waals surface area contributed by atoms with Gasteiger partial charge in [-0.1, -0.05) is 0 Å². The second-order valence-electron chi connectivity index (χ2n) is 4.35. The number of rotatable bonds is 3. The van der Waals surface area contributed by atoms with Crippen LogP contribution >= 0.6 is 0 Å². The van der Waals surface area contributed by atoms with Crippen molar-refractivity contribution in [2.75, 3.05) is 6.54 Å². The summed E-state index contributed by atoms with van der Waals surface area (Å²) in [6, 6.07) is 4.00. The molecule has 1 aliphatic heterocycles. The van der Waals surface area contributed by atoms with Gasteiger partial charge in [-0.05, 0) is 37.0 Å². The molecule has 1 aromatic rings. The van der Waals surface area contributed by atoms with Gasteiger partial charge in [-0.15, -0.1) is 0 Å². The van der Waals surface area contributed by atoms with E-state index in [9.17, 15) is 9.18 Å². The molecule has 0 saturated carbocycles. The monoisotopic (exact) mass is 253 g/mol. The predicted molar refractivity (Wildman–Crippen MR) is 63.6 cm³/mol. The minimum Gasteiger partial charge on any atom is -0.480 e. The molecule has 1 aliphatic rings. The Morgan fingerprint density at radius 2 is 2.22 bits per heavy atom. The highest BCUT2D eigenvalue weighted by molar-refractivity contribution is 5.81. The molecule has 0 bridgehead atoms. The van der Waals surface area contributed by atoms with Crippen LogP contribution in [0, 0.1) is 5.82 Å². The minimum atomic E-state index is -0.583. The summed E-state index contributed by atoms with van der Waals surface area (Å²) < 4.78 is 18.8. The van der Waals surface area contributed by atoms with Crippen LogP contribution in [0.5, 0.6) is 5.75 Å². The fourth-order valence-corrected chi connectivity index (χ4v) is 1.97. The number of nitrogens with one attached hydrogen (secondary N) is 1. The predicted octanol–water partition coefficient (Wildman–Crippen LogP) is 1.37. The first kappa shape index (κ1) is 12.8. The summed E-state index contributed by atoms with van der Waals surface area (Å²) in [5.74, 6) is -0.367. The van der Waals surface area contributed by atoms with Gasteiger partial charge in [0.25, 0.3) is 5.91 Å². The molecule has 1 atom stereocenters. The second kappa shape index (κ2) is 5.82. The van der Waals surface area contributed by atoms with E-state index < -0.39 is 11.9 Å². The molecule has 2 N–H and O–H groups in total. The number of carbonyl (C=O) groups is 1. The fraction of sp³-hybridized carbons (Fsp3) is 0.462.